The number of hydrogen-bond donors (Lipinski definition) is 4. The maximum absolute atomic E-state index is 13.4. The Hall–Kier alpha value is -4.55. The quantitative estimate of drug-likeness (QED) is 0.354. The third-order valence-electron chi connectivity index (χ3n) is 7.33. The number of carboxylic acids is 1. The van der Waals surface area contributed by atoms with Gasteiger partial charge in [-0.1, -0.05) is 49.6 Å². The summed E-state index contributed by atoms with van der Waals surface area (Å²) in [6.45, 7) is 0.454. The Morgan fingerprint density at radius 1 is 0.902 bits per heavy atom. The highest BCUT2D eigenvalue weighted by Gasteiger charge is 2.31. The molecule has 13 heteroatoms. The van der Waals surface area contributed by atoms with Gasteiger partial charge in [-0.3, -0.25) is 19.2 Å². The first-order chi connectivity index (χ1) is 19.7. The van der Waals surface area contributed by atoms with E-state index < -0.39 is 29.9 Å². The summed E-state index contributed by atoms with van der Waals surface area (Å²) in [6, 6.07) is 9.09. The van der Waals surface area contributed by atoms with E-state index in [4.69, 9.17) is 0 Å². The number of aliphatic carboxylic acids is 1. The molecule has 1 aromatic carbocycles. The molecule has 0 spiro atoms. The van der Waals surface area contributed by atoms with Crippen LogP contribution in [-0.2, 0) is 14.4 Å². The second-order valence-corrected chi connectivity index (χ2v) is 10.2. The lowest BCUT2D eigenvalue weighted by atomic mass is 9.89. The Balaban J connectivity index is 1.56. The molecule has 2 heterocycles. The summed E-state index contributed by atoms with van der Waals surface area (Å²) in [4.78, 5) is 73.6. The van der Waals surface area contributed by atoms with Crippen molar-refractivity contribution in [2.24, 2.45) is 5.92 Å². The van der Waals surface area contributed by atoms with E-state index in [0.717, 1.165) is 32.1 Å². The molecule has 4 amide bonds. The number of nitrogens with one attached hydrogen (secondary N) is 2. The second-order valence-electron chi connectivity index (χ2n) is 10.2. The van der Waals surface area contributed by atoms with E-state index in [-0.39, 0.29) is 68.2 Å². The SMILES string of the molecule is O=C(O)CCC(NC(=O)c1cc(NC(=O)C2CCCCC2)nc(-c2ccccc2)n1)C(=O)N1CCN(C(=O)O)CC1. The lowest BCUT2D eigenvalue weighted by Gasteiger charge is -2.35. The number of hydrogen-bond acceptors (Lipinski definition) is 7. The Kier molecular flexibility index (Phi) is 9.82. The summed E-state index contributed by atoms with van der Waals surface area (Å²) in [5.74, 6) is -2.33. The van der Waals surface area contributed by atoms with Gasteiger partial charge in [0.2, 0.25) is 11.8 Å². The molecule has 1 saturated carbocycles. The van der Waals surface area contributed by atoms with E-state index in [1.807, 2.05) is 6.07 Å². The summed E-state index contributed by atoms with van der Waals surface area (Å²) in [5.41, 5.74) is 0.520. The van der Waals surface area contributed by atoms with Crippen molar-refractivity contribution < 1.29 is 34.2 Å². The van der Waals surface area contributed by atoms with Crippen molar-refractivity contribution in [1.29, 1.82) is 0 Å². The average Bonchev–Trinajstić information content (AvgIpc) is 2.99. The molecule has 1 aliphatic carbocycles. The summed E-state index contributed by atoms with van der Waals surface area (Å²) in [7, 11) is 0. The van der Waals surface area contributed by atoms with Crippen molar-refractivity contribution in [3.05, 3.63) is 42.1 Å². The van der Waals surface area contributed by atoms with Crippen LogP contribution in [0.5, 0.6) is 0 Å². The van der Waals surface area contributed by atoms with E-state index >= 15 is 0 Å². The number of carbonyl (C=O) groups is 5. The summed E-state index contributed by atoms with van der Waals surface area (Å²) in [6.07, 6.45) is 2.99. The lowest BCUT2D eigenvalue weighted by Crippen LogP contribution is -2.55. The zero-order valence-electron chi connectivity index (χ0n) is 22.6. The van der Waals surface area contributed by atoms with Gasteiger partial charge in [0.15, 0.2) is 5.82 Å². The molecule has 4 rings (SSSR count). The molecule has 41 heavy (non-hydrogen) atoms. The number of anilines is 1. The fourth-order valence-corrected chi connectivity index (χ4v) is 5.03. The van der Waals surface area contributed by atoms with Crippen LogP contribution in [0.4, 0.5) is 10.6 Å². The van der Waals surface area contributed by atoms with Gasteiger partial charge in [0.25, 0.3) is 5.91 Å². The summed E-state index contributed by atoms with van der Waals surface area (Å²) in [5, 5.41) is 23.8. The number of carboxylic acid groups (broad SMARTS) is 2. The monoisotopic (exact) mass is 566 g/mol. The van der Waals surface area contributed by atoms with Gasteiger partial charge < -0.3 is 30.6 Å². The normalized spacial score (nSPS) is 16.5. The zero-order valence-corrected chi connectivity index (χ0v) is 22.6. The van der Waals surface area contributed by atoms with E-state index in [1.165, 1.54) is 15.9 Å². The van der Waals surface area contributed by atoms with Crippen LogP contribution in [0.15, 0.2) is 36.4 Å². The van der Waals surface area contributed by atoms with Crippen LogP contribution < -0.4 is 10.6 Å². The third-order valence-corrected chi connectivity index (χ3v) is 7.33. The fraction of sp³-hybridized carbons (Fsp3) is 0.464. The van der Waals surface area contributed by atoms with Crippen LogP contribution in [0.2, 0.25) is 0 Å². The number of benzene rings is 1. The Labute approximate surface area is 237 Å². The van der Waals surface area contributed by atoms with Gasteiger partial charge in [-0.15, -0.1) is 0 Å². The maximum atomic E-state index is 13.4. The Morgan fingerprint density at radius 3 is 2.20 bits per heavy atom. The minimum Gasteiger partial charge on any atom is -0.481 e. The van der Waals surface area contributed by atoms with Gasteiger partial charge in [0, 0.05) is 50.1 Å². The Morgan fingerprint density at radius 2 is 1.56 bits per heavy atom. The maximum Gasteiger partial charge on any atom is 0.407 e. The molecule has 2 fully saturated rings. The molecule has 218 valence electrons. The van der Waals surface area contributed by atoms with Crippen LogP contribution in [0, 0.1) is 5.92 Å². The summed E-state index contributed by atoms with van der Waals surface area (Å²) >= 11 is 0. The third kappa shape index (κ3) is 7.99. The van der Waals surface area contributed by atoms with E-state index in [2.05, 4.69) is 20.6 Å². The largest absolute Gasteiger partial charge is 0.481 e. The van der Waals surface area contributed by atoms with Gasteiger partial charge in [0.1, 0.15) is 17.6 Å². The number of carbonyl (C=O) groups excluding carboxylic acids is 3. The van der Waals surface area contributed by atoms with E-state index in [9.17, 15) is 34.2 Å². The number of rotatable bonds is 9. The first kappa shape index (κ1) is 29.4. The first-order valence-corrected chi connectivity index (χ1v) is 13.8. The minimum atomic E-state index is -1.18. The topological polar surface area (TPSA) is 182 Å². The molecule has 0 bridgehead atoms. The van der Waals surface area contributed by atoms with Gasteiger partial charge in [0.05, 0.1) is 0 Å². The zero-order chi connectivity index (χ0) is 29.4. The second kappa shape index (κ2) is 13.7. The van der Waals surface area contributed by atoms with Crippen molar-refractivity contribution in [3.63, 3.8) is 0 Å². The molecule has 4 N–H and O–H groups in total. The average molecular weight is 567 g/mol. The van der Waals surface area contributed by atoms with Crippen LogP contribution in [0.25, 0.3) is 11.4 Å². The number of aromatic nitrogens is 2. The van der Waals surface area contributed by atoms with Gasteiger partial charge >= 0.3 is 12.1 Å². The number of amides is 4. The molecule has 1 aliphatic heterocycles. The minimum absolute atomic E-state index is 0.0957. The predicted molar refractivity (Wildman–Crippen MR) is 147 cm³/mol. The van der Waals surface area contributed by atoms with Crippen LogP contribution in [0.1, 0.15) is 55.4 Å². The number of piperazine rings is 1. The van der Waals surface area contributed by atoms with Crippen LogP contribution in [-0.4, -0.2) is 92.0 Å². The van der Waals surface area contributed by atoms with Gasteiger partial charge in [-0.05, 0) is 19.3 Å². The highest BCUT2D eigenvalue weighted by Crippen LogP contribution is 2.25. The smallest absolute Gasteiger partial charge is 0.407 e. The molecule has 0 radical (unpaired) electrons. The molecular weight excluding hydrogens is 532 g/mol. The molecule has 1 aromatic heterocycles. The fourth-order valence-electron chi connectivity index (χ4n) is 5.03. The molecule has 1 saturated heterocycles. The summed E-state index contributed by atoms with van der Waals surface area (Å²) < 4.78 is 0. The van der Waals surface area contributed by atoms with Gasteiger partial charge in [-0.2, -0.15) is 0 Å². The van der Waals surface area contributed by atoms with E-state index in [0.29, 0.717) is 5.56 Å². The van der Waals surface area contributed by atoms with Gasteiger partial charge in [-0.25, -0.2) is 14.8 Å². The molecular formula is C28H34N6O7. The van der Waals surface area contributed by atoms with Crippen LogP contribution in [0.3, 0.4) is 0 Å². The molecule has 1 unspecified atom stereocenters. The first-order valence-electron chi connectivity index (χ1n) is 13.8. The standard InChI is InChI=1S/C28H34N6O7/c35-23(36)12-11-20(27(39)33-13-15-34(16-14-33)28(40)41)30-26(38)21-17-22(32-25(37)19-9-5-2-6-10-19)31-24(29-21)18-7-3-1-4-8-18/h1,3-4,7-8,17,19-20H,2,5-6,9-16H2,(H,30,38)(H,35,36)(H,40,41)(H,29,31,32,37). The predicted octanol–water partition coefficient (Wildman–Crippen LogP) is 2.45. The molecule has 2 aromatic rings. The van der Waals surface area contributed by atoms with Crippen molar-refractivity contribution in [1.82, 2.24) is 25.1 Å². The Bertz CT molecular complexity index is 1270. The van der Waals surface area contributed by atoms with Crippen molar-refractivity contribution >= 4 is 35.6 Å². The molecule has 2 aliphatic rings. The van der Waals surface area contributed by atoms with Crippen molar-refractivity contribution in [3.8, 4) is 11.4 Å². The number of nitrogens with zero attached hydrogens (tertiary/aromatic N) is 4. The molecule has 1 atom stereocenters. The van der Waals surface area contributed by atoms with Crippen molar-refractivity contribution in [2.45, 2.75) is 51.0 Å². The van der Waals surface area contributed by atoms with Crippen molar-refractivity contribution in [2.75, 3.05) is 31.5 Å². The lowest BCUT2D eigenvalue weighted by molar-refractivity contribution is -0.138. The van der Waals surface area contributed by atoms with Crippen LogP contribution >= 0.6 is 0 Å². The highest BCUT2D eigenvalue weighted by atomic mass is 16.4. The van der Waals surface area contributed by atoms with E-state index in [1.54, 1.807) is 24.3 Å². The highest BCUT2D eigenvalue weighted by molar-refractivity contribution is 5.98. The molecule has 13 nitrogen and oxygen atoms in total.